The lowest BCUT2D eigenvalue weighted by atomic mass is 10.0. The van der Waals surface area contributed by atoms with Crippen LogP contribution in [0, 0.1) is 0 Å². The molecule has 1 rings (SSSR count). The number of rotatable bonds is 8. The first kappa shape index (κ1) is 15.6. The predicted octanol–water partition coefficient (Wildman–Crippen LogP) is 3.16. The molecule has 0 aliphatic carbocycles. The predicted molar refractivity (Wildman–Crippen MR) is 77.4 cm³/mol. The van der Waals surface area contributed by atoms with Gasteiger partial charge in [-0.2, -0.15) is 0 Å². The molecular weight excluding hydrogens is 242 g/mol. The van der Waals surface area contributed by atoms with E-state index in [1.54, 1.807) is 21.3 Å². The first-order valence-electron chi connectivity index (χ1n) is 6.75. The largest absolute Gasteiger partial charge is 0.496 e. The Morgan fingerprint density at radius 3 is 2.00 bits per heavy atom. The second-order valence-corrected chi connectivity index (χ2v) is 4.36. The van der Waals surface area contributed by atoms with Crippen LogP contribution in [0.25, 0.3) is 0 Å². The van der Waals surface area contributed by atoms with Gasteiger partial charge in [0.05, 0.1) is 21.3 Å². The average Bonchev–Trinajstić information content (AvgIpc) is 2.47. The van der Waals surface area contributed by atoms with E-state index in [-0.39, 0.29) is 6.04 Å². The summed E-state index contributed by atoms with van der Waals surface area (Å²) >= 11 is 0. The second-order valence-electron chi connectivity index (χ2n) is 4.36. The molecule has 0 aromatic heterocycles. The molecule has 0 amide bonds. The van der Waals surface area contributed by atoms with Crippen molar-refractivity contribution in [1.82, 2.24) is 5.32 Å². The Balaban J connectivity index is 3.15. The quantitative estimate of drug-likeness (QED) is 0.785. The number of methoxy groups -OCH3 is 3. The summed E-state index contributed by atoms with van der Waals surface area (Å²) in [5, 5.41) is 3.52. The highest BCUT2D eigenvalue weighted by molar-refractivity contribution is 5.51. The molecule has 1 aromatic carbocycles. The van der Waals surface area contributed by atoms with E-state index in [2.05, 4.69) is 19.2 Å². The summed E-state index contributed by atoms with van der Waals surface area (Å²) in [4.78, 5) is 0. The molecule has 4 heteroatoms. The van der Waals surface area contributed by atoms with E-state index in [0.29, 0.717) is 5.75 Å². The van der Waals surface area contributed by atoms with Crippen LogP contribution in [0.1, 0.15) is 38.3 Å². The van der Waals surface area contributed by atoms with Gasteiger partial charge < -0.3 is 19.5 Å². The lowest BCUT2D eigenvalue weighted by molar-refractivity contribution is 0.344. The molecule has 108 valence electrons. The van der Waals surface area contributed by atoms with Crippen molar-refractivity contribution < 1.29 is 14.2 Å². The maximum atomic E-state index is 5.47. The van der Waals surface area contributed by atoms with Crippen molar-refractivity contribution in [3.63, 3.8) is 0 Å². The van der Waals surface area contributed by atoms with Gasteiger partial charge in [0.15, 0.2) is 11.5 Å². The summed E-state index contributed by atoms with van der Waals surface area (Å²) in [7, 11) is 4.95. The summed E-state index contributed by atoms with van der Waals surface area (Å²) < 4.78 is 16.1. The molecule has 0 fully saturated rings. The monoisotopic (exact) mass is 267 g/mol. The number of nitrogens with one attached hydrogen (secondary N) is 1. The fourth-order valence-electron chi connectivity index (χ4n) is 2.12. The van der Waals surface area contributed by atoms with Gasteiger partial charge in [-0.1, -0.05) is 13.8 Å². The molecule has 0 radical (unpaired) electrons. The zero-order valence-corrected chi connectivity index (χ0v) is 12.6. The molecule has 1 unspecified atom stereocenters. The SMILES string of the molecule is CCCNC(CC)c1cc(OC)c(OC)cc1OC. The van der Waals surface area contributed by atoms with Gasteiger partial charge in [0.25, 0.3) is 0 Å². The number of hydrogen-bond donors (Lipinski definition) is 1. The minimum atomic E-state index is 0.259. The molecule has 0 aliphatic rings. The third-order valence-corrected chi connectivity index (χ3v) is 3.16. The van der Waals surface area contributed by atoms with Gasteiger partial charge >= 0.3 is 0 Å². The van der Waals surface area contributed by atoms with Gasteiger partial charge in [0.2, 0.25) is 0 Å². The first-order chi connectivity index (χ1) is 9.21. The first-order valence-corrected chi connectivity index (χ1v) is 6.75. The molecule has 0 aliphatic heterocycles. The molecule has 1 N–H and O–H groups in total. The average molecular weight is 267 g/mol. The van der Waals surface area contributed by atoms with Gasteiger partial charge in [-0.3, -0.25) is 0 Å². The van der Waals surface area contributed by atoms with Crippen LogP contribution in [0.15, 0.2) is 12.1 Å². The minimum Gasteiger partial charge on any atom is -0.496 e. The highest BCUT2D eigenvalue weighted by atomic mass is 16.5. The third kappa shape index (κ3) is 3.77. The molecule has 0 saturated heterocycles. The lowest BCUT2D eigenvalue weighted by Crippen LogP contribution is -2.22. The summed E-state index contributed by atoms with van der Waals surface area (Å²) in [6.45, 7) is 5.30. The third-order valence-electron chi connectivity index (χ3n) is 3.16. The van der Waals surface area contributed by atoms with Crippen LogP contribution in [0.4, 0.5) is 0 Å². The zero-order chi connectivity index (χ0) is 14.3. The van der Waals surface area contributed by atoms with Crippen LogP contribution < -0.4 is 19.5 Å². The van der Waals surface area contributed by atoms with Crippen molar-refractivity contribution in [3.05, 3.63) is 17.7 Å². The van der Waals surface area contributed by atoms with Crippen LogP contribution in [0.2, 0.25) is 0 Å². The molecule has 19 heavy (non-hydrogen) atoms. The normalized spacial score (nSPS) is 12.1. The van der Waals surface area contributed by atoms with Crippen molar-refractivity contribution in [2.75, 3.05) is 27.9 Å². The number of hydrogen-bond acceptors (Lipinski definition) is 4. The van der Waals surface area contributed by atoms with E-state index in [9.17, 15) is 0 Å². The Labute approximate surface area is 116 Å². The van der Waals surface area contributed by atoms with Crippen LogP contribution >= 0.6 is 0 Å². The molecule has 0 bridgehead atoms. The molecule has 0 saturated carbocycles. The maximum absolute atomic E-state index is 5.47. The Morgan fingerprint density at radius 1 is 0.947 bits per heavy atom. The molecular formula is C15H25NO3. The number of benzene rings is 1. The molecule has 0 heterocycles. The number of ether oxygens (including phenoxy) is 3. The second kappa shape index (κ2) is 7.89. The van der Waals surface area contributed by atoms with Crippen molar-refractivity contribution in [2.24, 2.45) is 0 Å². The van der Waals surface area contributed by atoms with Crippen LogP contribution in [0.3, 0.4) is 0 Å². The van der Waals surface area contributed by atoms with Gasteiger partial charge in [0, 0.05) is 17.7 Å². The van der Waals surface area contributed by atoms with Crippen molar-refractivity contribution >= 4 is 0 Å². The van der Waals surface area contributed by atoms with Crippen molar-refractivity contribution in [3.8, 4) is 17.2 Å². The standard InChI is InChI=1S/C15H25NO3/c1-6-8-16-12(7-2)11-9-14(18-4)15(19-5)10-13(11)17-3/h9-10,12,16H,6-8H2,1-5H3. The highest BCUT2D eigenvalue weighted by Crippen LogP contribution is 2.38. The van der Waals surface area contributed by atoms with E-state index >= 15 is 0 Å². The summed E-state index contributed by atoms with van der Waals surface area (Å²) in [6.07, 6.45) is 2.10. The van der Waals surface area contributed by atoms with E-state index in [0.717, 1.165) is 36.4 Å². The van der Waals surface area contributed by atoms with Gasteiger partial charge in [-0.25, -0.2) is 0 Å². The summed E-state index contributed by atoms with van der Waals surface area (Å²) in [5.41, 5.74) is 1.11. The van der Waals surface area contributed by atoms with E-state index in [4.69, 9.17) is 14.2 Å². The Hall–Kier alpha value is -1.42. The van der Waals surface area contributed by atoms with E-state index in [1.807, 2.05) is 12.1 Å². The van der Waals surface area contributed by atoms with Crippen LogP contribution in [-0.2, 0) is 0 Å². The van der Waals surface area contributed by atoms with Crippen LogP contribution in [-0.4, -0.2) is 27.9 Å². The van der Waals surface area contributed by atoms with Gasteiger partial charge in [-0.05, 0) is 25.5 Å². The van der Waals surface area contributed by atoms with Gasteiger partial charge in [0.1, 0.15) is 5.75 Å². The fraction of sp³-hybridized carbons (Fsp3) is 0.600. The Morgan fingerprint density at radius 2 is 1.53 bits per heavy atom. The summed E-state index contributed by atoms with van der Waals surface area (Å²) in [6, 6.07) is 4.13. The highest BCUT2D eigenvalue weighted by Gasteiger charge is 2.18. The lowest BCUT2D eigenvalue weighted by Gasteiger charge is -2.21. The summed E-state index contributed by atoms with van der Waals surface area (Å²) in [5.74, 6) is 2.25. The zero-order valence-electron chi connectivity index (χ0n) is 12.6. The van der Waals surface area contributed by atoms with E-state index in [1.165, 1.54) is 0 Å². The molecule has 1 atom stereocenters. The molecule has 1 aromatic rings. The van der Waals surface area contributed by atoms with Crippen LogP contribution in [0.5, 0.6) is 17.2 Å². The van der Waals surface area contributed by atoms with E-state index < -0.39 is 0 Å². The minimum absolute atomic E-state index is 0.259. The molecule has 4 nitrogen and oxygen atoms in total. The van der Waals surface area contributed by atoms with Crippen molar-refractivity contribution in [2.45, 2.75) is 32.7 Å². The van der Waals surface area contributed by atoms with Gasteiger partial charge in [-0.15, -0.1) is 0 Å². The molecule has 0 spiro atoms. The smallest absolute Gasteiger partial charge is 0.164 e. The topological polar surface area (TPSA) is 39.7 Å². The van der Waals surface area contributed by atoms with Crippen molar-refractivity contribution in [1.29, 1.82) is 0 Å². The maximum Gasteiger partial charge on any atom is 0.164 e. The Bertz CT molecular complexity index is 393. The fourth-order valence-corrected chi connectivity index (χ4v) is 2.12. The Kier molecular flexibility index (Phi) is 6.50.